The van der Waals surface area contributed by atoms with E-state index in [4.69, 9.17) is 0 Å². The van der Waals surface area contributed by atoms with Crippen LogP contribution in [0, 0.1) is 6.92 Å². The van der Waals surface area contributed by atoms with E-state index < -0.39 is 0 Å². The fourth-order valence-corrected chi connectivity index (χ4v) is 4.82. The minimum absolute atomic E-state index is 0.645. The third kappa shape index (κ3) is 6.15. The summed E-state index contributed by atoms with van der Waals surface area (Å²) in [5, 5.41) is 1.62. The van der Waals surface area contributed by atoms with Gasteiger partial charge in [0.15, 0.2) is 0 Å². The Balaban J connectivity index is 2.81. The van der Waals surface area contributed by atoms with Crippen LogP contribution in [0.25, 0.3) is 0 Å². The number of hydrogen-bond donors (Lipinski definition) is 0. The molecule has 0 heterocycles. The van der Waals surface area contributed by atoms with Crippen LogP contribution >= 0.6 is 18.8 Å². The maximum Gasteiger partial charge on any atom is 0.00966 e. The van der Waals surface area contributed by atoms with Crippen molar-refractivity contribution in [3.8, 4) is 0 Å². The number of benzene rings is 1. The quantitative estimate of drug-likeness (QED) is 0.391. The molecule has 2 heteroatoms. The lowest BCUT2D eigenvalue weighted by atomic mass is 9.91. The van der Waals surface area contributed by atoms with Crippen LogP contribution in [0.3, 0.4) is 0 Å². The summed E-state index contributed by atoms with van der Waals surface area (Å²) in [5.41, 5.74) is 2.86. The molecule has 1 unspecified atom stereocenters. The first-order chi connectivity index (χ1) is 9.19. The summed E-state index contributed by atoms with van der Waals surface area (Å²) in [6.45, 7) is 9.04. The van der Waals surface area contributed by atoms with E-state index in [9.17, 15) is 0 Å². The first-order valence-corrected chi connectivity index (χ1v) is 9.90. The van der Waals surface area contributed by atoms with Crippen LogP contribution in [-0.2, 0) is 0 Å². The van der Waals surface area contributed by atoms with Gasteiger partial charge in [-0.25, -0.2) is 0 Å². The Bertz CT molecular complexity index is 381. The molecule has 0 bridgehead atoms. The van der Waals surface area contributed by atoms with Gasteiger partial charge in [-0.15, -0.1) is 11.4 Å². The maximum atomic E-state index is 2.34. The zero-order chi connectivity index (χ0) is 14.1. The number of rotatable bonds is 8. The van der Waals surface area contributed by atoms with Crippen molar-refractivity contribution in [3.05, 3.63) is 35.4 Å². The van der Waals surface area contributed by atoms with Gasteiger partial charge < -0.3 is 0 Å². The summed E-state index contributed by atoms with van der Waals surface area (Å²) < 4.78 is 0. The lowest BCUT2D eigenvalue weighted by Gasteiger charge is -2.18. The third-order valence-electron chi connectivity index (χ3n) is 3.33. The van der Waals surface area contributed by atoms with E-state index in [2.05, 4.69) is 63.3 Å². The van der Waals surface area contributed by atoms with Gasteiger partial charge in [0.05, 0.1) is 0 Å². The second-order valence-electron chi connectivity index (χ2n) is 5.17. The van der Waals surface area contributed by atoms with Crippen LogP contribution in [0.15, 0.2) is 24.3 Å². The Kier molecular flexibility index (Phi) is 8.50. The maximum absolute atomic E-state index is 2.34. The second-order valence-corrected chi connectivity index (χ2v) is 8.05. The fraction of sp³-hybridized carbons (Fsp3) is 0.588. The average molecular weight is 294 g/mol. The summed E-state index contributed by atoms with van der Waals surface area (Å²) in [6, 6.07) is 9.13. The Labute approximate surface area is 124 Å². The van der Waals surface area contributed by atoms with Crippen LogP contribution in [-0.4, -0.2) is 11.0 Å². The highest BCUT2D eigenvalue weighted by Crippen LogP contribution is 2.32. The molecular weight excluding hydrogens is 267 g/mol. The van der Waals surface area contributed by atoms with Crippen LogP contribution in [0.1, 0.15) is 63.5 Å². The number of hydrogen-bond acceptors (Lipinski definition) is 1. The van der Waals surface area contributed by atoms with Gasteiger partial charge in [-0.05, 0) is 45.0 Å². The molecule has 0 fully saturated rings. The molecule has 19 heavy (non-hydrogen) atoms. The highest BCUT2D eigenvalue weighted by Gasteiger charge is 2.13. The molecule has 1 aromatic carbocycles. The van der Waals surface area contributed by atoms with Crippen molar-refractivity contribution in [2.45, 2.75) is 59.3 Å². The van der Waals surface area contributed by atoms with Gasteiger partial charge in [0.1, 0.15) is 0 Å². The Hall–Kier alpha value is -0.260. The van der Waals surface area contributed by atoms with Crippen molar-refractivity contribution in [2.24, 2.45) is 0 Å². The third-order valence-corrected chi connectivity index (χ3v) is 6.45. The van der Waals surface area contributed by atoms with Crippen molar-refractivity contribution in [2.75, 3.05) is 5.75 Å². The molecule has 1 rings (SSSR count). The largest absolute Gasteiger partial charge is 0.102 e. The molecule has 0 amide bonds. The number of aryl methyl sites for hydroxylation is 1. The Morgan fingerprint density at radius 1 is 1.16 bits per heavy atom. The van der Waals surface area contributed by atoms with Crippen molar-refractivity contribution >= 4 is 24.1 Å². The molecule has 0 N–H and O–H groups in total. The van der Waals surface area contributed by atoms with Gasteiger partial charge in [0.25, 0.3) is 0 Å². The van der Waals surface area contributed by atoms with Gasteiger partial charge >= 0.3 is 0 Å². The molecule has 1 atom stereocenters. The molecule has 0 aliphatic rings. The topological polar surface area (TPSA) is 0 Å². The molecule has 0 aromatic heterocycles. The smallest absolute Gasteiger partial charge is 0.00966 e. The van der Waals surface area contributed by atoms with Crippen molar-refractivity contribution in [1.29, 1.82) is 0 Å². The predicted molar refractivity (Wildman–Crippen MR) is 93.8 cm³/mol. The van der Waals surface area contributed by atoms with Crippen LogP contribution in [0.4, 0.5) is 0 Å². The minimum Gasteiger partial charge on any atom is -0.102 e. The monoisotopic (exact) mass is 294 g/mol. The molecule has 0 saturated heterocycles. The summed E-state index contributed by atoms with van der Waals surface area (Å²) in [6.07, 6.45) is 5.18. The second kappa shape index (κ2) is 9.61. The molecule has 106 valence electrons. The molecular formula is C17H27PS. The molecule has 0 radical (unpaired) electrons. The van der Waals surface area contributed by atoms with Gasteiger partial charge in [-0.3, -0.25) is 0 Å². The molecule has 0 saturated carbocycles. The van der Waals surface area contributed by atoms with Crippen LogP contribution < -0.4 is 0 Å². The van der Waals surface area contributed by atoms with E-state index >= 15 is 0 Å². The first-order valence-electron chi connectivity index (χ1n) is 7.42. The van der Waals surface area contributed by atoms with E-state index in [1.807, 2.05) is 0 Å². The number of unbranched alkanes of at least 4 members (excludes halogenated alkanes) is 1. The van der Waals surface area contributed by atoms with Gasteiger partial charge in [-0.1, -0.05) is 56.5 Å². The highest BCUT2D eigenvalue weighted by atomic mass is 32.7. The van der Waals surface area contributed by atoms with E-state index in [0.29, 0.717) is 5.92 Å². The minimum atomic E-state index is 0.645. The summed E-state index contributed by atoms with van der Waals surface area (Å²) in [5.74, 6) is 1.92. The van der Waals surface area contributed by atoms with Crippen molar-refractivity contribution in [1.82, 2.24) is 0 Å². The highest BCUT2D eigenvalue weighted by molar-refractivity contribution is 8.48. The standard InChI is InChI=1S/C17H27PS/c1-5-7-8-17(15(4)18-19-13-6-2)16-11-9-14(3)10-12-16/h9-12,17H,5-8,13H2,1-4H3. The van der Waals surface area contributed by atoms with E-state index in [-0.39, 0.29) is 0 Å². The van der Waals surface area contributed by atoms with E-state index in [0.717, 1.165) is 0 Å². The van der Waals surface area contributed by atoms with Gasteiger partial charge in [-0.2, -0.15) is 0 Å². The summed E-state index contributed by atoms with van der Waals surface area (Å²) >= 11 is 2.06. The van der Waals surface area contributed by atoms with Crippen molar-refractivity contribution in [3.63, 3.8) is 0 Å². The molecule has 0 spiro atoms. The molecule has 0 nitrogen and oxygen atoms in total. The predicted octanol–water partition coefficient (Wildman–Crippen LogP) is 6.47. The molecule has 0 aliphatic carbocycles. The van der Waals surface area contributed by atoms with Gasteiger partial charge in [0, 0.05) is 11.7 Å². The molecule has 1 aromatic rings. The van der Waals surface area contributed by atoms with Crippen LogP contribution in [0.2, 0.25) is 0 Å². The average Bonchev–Trinajstić information content (AvgIpc) is 2.41. The Morgan fingerprint density at radius 3 is 2.42 bits per heavy atom. The van der Waals surface area contributed by atoms with Gasteiger partial charge in [0.2, 0.25) is 0 Å². The van der Waals surface area contributed by atoms with Crippen LogP contribution in [0.5, 0.6) is 0 Å². The van der Waals surface area contributed by atoms with E-state index in [1.54, 1.807) is 5.29 Å². The lowest BCUT2D eigenvalue weighted by molar-refractivity contribution is 0.686. The zero-order valence-corrected chi connectivity index (χ0v) is 14.5. The fourth-order valence-electron chi connectivity index (χ4n) is 2.13. The SMILES string of the molecule is CCCCC(C(C)=PSCCC)c1ccc(C)cc1. The lowest BCUT2D eigenvalue weighted by Crippen LogP contribution is -2.07. The first kappa shape index (κ1) is 16.8. The summed E-state index contributed by atoms with van der Waals surface area (Å²) in [4.78, 5) is 0. The van der Waals surface area contributed by atoms with Crippen molar-refractivity contribution < 1.29 is 0 Å². The zero-order valence-electron chi connectivity index (χ0n) is 12.8. The van der Waals surface area contributed by atoms with E-state index in [1.165, 1.54) is 50.0 Å². The normalized spacial score (nSPS) is 13.6. The molecule has 0 aliphatic heterocycles. The summed E-state index contributed by atoms with van der Waals surface area (Å²) in [7, 11) is 1.48. The Morgan fingerprint density at radius 2 is 1.84 bits per heavy atom.